The minimum absolute atomic E-state index is 0.432. The van der Waals surface area contributed by atoms with E-state index in [2.05, 4.69) is 11.2 Å². The molecule has 0 amide bonds. The van der Waals surface area contributed by atoms with Gasteiger partial charge in [0.15, 0.2) is 0 Å². The van der Waals surface area contributed by atoms with Crippen LogP contribution in [0.25, 0.3) is 0 Å². The molecule has 104 valence electrons. The van der Waals surface area contributed by atoms with Crippen molar-refractivity contribution in [2.24, 2.45) is 11.3 Å². The van der Waals surface area contributed by atoms with E-state index in [0.29, 0.717) is 5.92 Å². The fourth-order valence-electron chi connectivity index (χ4n) is 3.15. The Morgan fingerprint density at radius 2 is 2.28 bits per heavy atom. The Hall–Kier alpha value is -0.220. The fourth-order valence-corrected chi connectivity index (χ4v) is 3.57. The Morgan fingerprint density at radius 1 is 1.50 bits per heavy atom. The predicted octanol–water partition coefficient (Wildman–Crippen LogP) is 2.71. The summed E-state index contributed by atoms with van der Waals surface area (Å²) in [5, 5.41) is 9.62. The van der Waals surface area contributed by atoms with Crippen molar-refractivity contribution in [2.45, 2.75) is 38.5 Å². The van der Waals surface area contributed by atoms with E-state index >= 15 is 0 Å². The fraction of sp³-hybridized carbons (Fsp3) is 0.929. The Bertz CT molecular complexity index is 294. The molecular weight excluding hydrogens is 246 g/mol. The third-order valence-corrected chi connectivity index (χ3v) is 5.01. The second-order valence-corrected chi connectivity index (χ2v) is 6.94. The minimum atomic E-state index is -0.552. The summed E-state index contributed by atoms with van der Waals surface area (Å²) in [5.41, 5.74) is -0.432. The van der Waals surface area contributed by atoms with E-state index in [1.54, 1.807) is 0 Å². The highest BCUT2D eigenvalue weighted by molar-refractivity contribution is 7.98. The number of hydrogen-bond acceptors (Lipinski definition) is 3. The summed E-state index contributed by atoms with van der Waals surface area (Å²) in [4.78, 5) is 14.1. The maximum absolute atomic E-state index is 11.7. The van der Waals surface area contributed by atoms with Gasteiger partial charge in [0, 0.05) is 6.54 Å². The van der Waals surface area contributed by atoms with E-state index in [4.69, 9.17) is 0 Å². The molecule has 0 radical (unpaired) electrons. The number of nitrogens with zero attached hydrogens (tertiary/aromatic N) is 1. The number of piperidine rings is 1. The first-order valence-corrected chi connectivity index (χ1v) is 8.50. The van der Waals surface area contributed by atoms with Gasteiger partial charge in [-0.1, -0.05) is 12.8 Å². The largest absolute Gasteiger partial charge is 0.481 e. The van der Waals surface area contributed by atoms with Crippen LogP contribution in [0.2, 0.25) is 0 Å². The number of hydrogen-bond donors (Lipinski definition) is 1. The average molecular weight is 271 g/mol. The highest BCUT2D eigenvalue weighted by Crippen LogP contribution is 2.44. The lowest BCUT2D eigenvalue weighted by atomic mass is 9.75. The number of carboxylic acids is 1. The molecule has 0 aromatic rings. The summed E-state index contributed by atoms with van der Waals surface area (Å²) < 4.78 is 0. The van der Waals surface area contributed by atoms with Gasteiger partial charge in [-0.3, -0.25) is 4.79 Å². The number of likely N-dealkylation sites (tertiary alicyclic amines) is 1. The van der Waals surface area contributed by atoms with E-state index < -0.39 is 11.4 Å². The summed E-state index contributed by atoms with van der Waals surface area (Å²) in [6.45, 7) is 2.95. The van der Waals surface area contributed by atoms with Crippen LogP contribution >= 0.6 is 11.8 Å². The molecule has 1 atom stereocenters. The van der Waals surface area contributed by atoms with Crippen molar-refractivity contribution in [3.05, 3.63) is 0 Å². The van der Waals surface area contributed by atoms with Gasteiger partial charge in [0.1, 0.15) is 0 Å². The van der Waals surface area contributed by atoms with Crippen LogP contribution in [0.5, 0.6) is 0 Å². The van der Waals surface area contributed by atoms with Crippen LogP contribution in [0, 0.1) is 11.3 Å². The lowest BCUT2D eigenvalue weighted by molar-refractivity contribution is -0.153. The van der Waals surface area contributed by atoms with Crippen molar-refractivity contribution in [1.29, 1.82) is 0 Å². The van der Waals surface area contributed by atoms with Crippen molar-refractivity contribution in [1.82, 2.24) is 4.90 Å². The molecule has 3 nitrogen and oxygen atoms in total. The van der Waals surface area contributed by atoms with Gasteiger partial charge in [-0.25, -0.2) is 0 Å². The first-order valence-electron chi connectivity index (χ1n) is 7.11. The molecule has 0 unspecified atom stereocenters. The van der Waals surface area contributed by atoms with Crippen LogP contribution in [0.4, 0.5) is 0 Å². The van der Waals surface area contributed by atoms with Crippen molar-refractivity contribution < 1.29 is 9.90 Å². The first-order chi connectivity index (χ1) is 8.66. The Labute approximate surface area is 114 Å². The smallest absolute Gasteiger partial charge is 0.310 e. The number of aliphatic carboxylic acids is 1. The number of carboxylic acid groups (broad SMARTS) is 1. The first kappa shape index (κ1) is 14.2. The van der Waals surface area contributed by atoms with Crippen molar-refractivity contribution in [3.63, 3.8) is 0 Å². The Morgan fingerprint density at radius 3 is 2.89 bits per heavy atom. The van der Waals surface area contributed by atoms with E-state index in [-0.39, 0.29) is 0 Å². The third kappa shape index (κ3) is 3.64. The predicted molar refractivity (Wildman–Crippen MR) is 76.1 cm³/mol. The number of carbonyl (C=O) groups is 1. The number of rotatable bonds is 7. The molecule has 1 N–H and O–H groups in total. The van der Waals surface area contributed by atoms with Gasteiger partial charge in [-0.05, 0) is 56.7 Å². The summed E-state index contributed by atoms with van der Waals surface area (Å²) in [6, 6.07) is 0. The van der Waals surface area contributed by atoms with Gasteiger partial charge < -0.3 is 10.0 Å². The van der Waals surface area contributed by atoms with Crippen LogP contribution in [-0.4, -0.2) is 47.6 Å². The molecule has 1 saturated carbocycles. The summed E-state index contributed by atoms with van der Waals surface area (Å²) in [7, 11) is 0. The van der Waals surface area contributed by atoms with E-state index in [9.17, 15) is 9.90 Å². The molecule has 4 heteroatoms. The molecule has 18 heavy (non-hydrogen) atoms. The lowest BCUT2D eigenvalue weighted by Crippen LogP contribution is -2.48. The molecule has 0 bridgehead atoms. The molecule has 0 aromatic heterocycles. The molecule has 0 aromatic carbocycles. The van der Waals surface area contributed by atoms with Gasteiger partial charge in [0.25, 0.3) is 0 Å². The molecule has 2 rings (SSSR count). The molecule has 1 aliphatic heterocycles. The molecular formula is C14H25NO2S. The highest BCUT2D eigenvalue weighted by Gasteiger charge is 2.45. The van der Waals surface area contributed by atoms with Gasteiger partial charge >= 0.3 is 5.97 Å². The second-order valence-electron chi connectivity index (χ2n) is 5.96. The maximum Gasteiger partial charge on any atom is 0.310 e. The molecule has 1 aliphatic carbocycles. The summed E-state index contributed by atoms with van der Waals surface area (Å²) in [5.74, 6) is 1.33. The molecule has 2 fully saturated rings. The van der Waals surface area contributed by atoms with Crippen molar-refractivity contribution in [2.75, 3.05) is 31.6 Å². The second kappa shape index (κ2) is 6.29. The topological polar surface area (TPSA) is 40.5 Å². The summed E-state index contributed by atoms with van der Waals surface area (Å²) in [6.07, 6.45) is 8.67. The molecule has 1 saturated heterocycles. The average Bonchev–Trinajstić information content (AvgIpc) is 3.13. The summed E-state index contributed by atoms with van der Waals surface area (Å²) >= 11 is 1.87. The van der Waals surface area contributed by atoms with E-state index in [1.807, 2.05) is 11.8 Å². The standard InChI is InChI=1S/C14H25NO2S/c1-18-9-3-8-15-7-2-6-14(11-15,13(16)17)10-12-4-5-12/h12H,2-11H2,1H3,(H,16,17)/t14-/m1/s1. The molecule has 1 heterocycles. The quantitative estimate of drug-likeness (QED) is 0.723. The van der Waals surface area contributed by atoms with Gasteiger partial charge in [0.05, 0.1) is 5.41 Å². The monoisotopic (exact) mass is 271 g/mol. The normalized spacial score (nSPS) is 29.4. The molecule has 2 aliphatic rings. The van der Waals surface area contributed by atoms with Gasteiger partial charge in [-0.15, -0.1) is 0 Å². The highest BCUT2D eigenvalue weighted by atomic mass is 32.2. The Kier molecular flexibility index (Phi) is 4.96. The maximum atomic E-state index is 11.7. The molecule has 0 spiro atoms. The van der Waals surface area contributed by atoms with Crippen LogP contribution < -0.4 is 0 Å². The Balaban J connectivity index is 1.90. The van der Waals surface area contributed by atoms with Crippen molar-refractivity contribution >= 4 is 17.7 Å². The van der Waals surface area contributed by atoms with E-state index in [1.165, 1.54) is 25.0 Å². The van der Waals surface area contributed by atoms with Gasteiger partial charge in [-0.2, -0.15) is 11.8 Å². The van der Waals surface area contributed by atoms with Crippen molar-refractivity contribution in [3.8, 4) is 0 Å². The SMILES string of the molecule is CSCCCN1CCC[C@](CC2CC2)(C(=O)O)C1. The zero-order chi connectivity index (χ0) is 13.0. The minimum Gasteiger partial charge on any atom is -0.481 e. The van der Waals surface area contributed by atoms with Crippen LogP contribution in [0.3, 0.4) is 0 Å². The zero-order valence-electron chi connectivity index (χ0n) is 11.4. The van der Waals surface area contributed by atoms with E-state index in [0.717, 1.165) is 38.9 Å². The van der Waals surface area contributed by atoms with Crippen LogP contribution in [0.1, 0.15) is 38.5 Å². The third-order valence-electron chi connectivity index (χ3n) is 4.31. The van der Waals surface area contributed by atoms with Crippen LogP contribution in [0.15, 0.2) is 0 Å². The van der Waals surface area contributed by atoms with Gasteiger partial charge in [0.2, 0.25) is 0 Å². The zero-order valence-corrected chi connectivity index (χ0v) is 12.2. The number of thioether (sulfide) groups is 1. The lowest BCUT2D eigenvalue weighted by Gasteiger charge is -2.40. The van der Waals surface area contributed by atoms with Crippen LogP contribution in [-0.2, 0) is 4.79 Å².